The van der Waals surface area contributed by atoms with Crippen molar-refractivity contribution in [3.05, 3.63) is 64.7 Å². The average Bonchev–Trinajstić information content (AvgIpc) is 3.44. The van der Waals surface area contributed by atoms with Gasteiger partial charge in [0, 0.05) is 42.6 Å². The normalized spacial score (nSPS) is 23.6. The van der Waals surface area contributed by atoms with E-state index in [1.807, 2.05) is 0 Å². The lowest BCUT2D eigenvalue weighted by molar-refractivity contribution is -0.115. The summed E-state index contributed by atoms with van der Waals surface area (Å²) in [5, 5.41) is 0.858. The van der Waals surface area contributed by atoms with Crippen molar-refractivity contribution in [2.45, 2.75) is 18.2 Å². The third-order valence-corrected chi connectivity index (χ3v) is 6.63. The summed E-state index contributed by atoms with van der Waals surface area (Å²) in [7, 11) is 3.38. The van der Waals surface area contributed by atoms with Crippen LogP contribution in [-0.4, -0.2) is 40.8 Å². The Kier molecular flexibility index (Phi) is 7.31. The van der Waals surface area contributed by atoms with E-state index in [0.29, 0.717) is 33.0 Å². The molecule has 0 saturated heterocycles. The molecule has 1 aliphatic heterocycles. The molecule has 4 unspecified atom stereocenters. The molecule has 1 aromatic heterocycles. The van der Waals surface area contributed by atoms with Crippen molar-refractivity contribution in [1.82, 2.24) is 9.88 Å². The molecule has 1 aliphatic carbocycles. The van der Waals surface area contributed by atoms with Gasteiger partial charge in [-0.15, -0.1) is 6.42 Å². The fourth-order valence-electron chi connectivity index (χ4n) is 3.50. The summed E-state index contributed by atoms with van der Waals surface area (Å²) in [4.78, 5) is 19.3. The molecule has 1 aromatic carbocycles. The maximum atomic E-state index is 14.5. The van der Waals surface area contributed by atoms with Crippen LogP contribution in [0.5, 0.6) is 0 Å². The zero-order chi connectivity index (χ0) is 23.4. The molecule has 4 rings (SSSR count). The molecule has 2 aliphatic rings. The summed E-state index contributed by atoms with van der Waals surface area (Å²) < 4.78 is 29.0. The Morgan fingerprint density at radius 1 is 1.31 bits per heavy atom. The minimum absolute atomic E-state index is 0.173. The summed E-state index contributed by atoms with van der Waals surface area (Å²) in [5.41, 5.74) is 7.66. The van der Waals surface area contributed by atoms with E-state index in [-0.39, 0.29) is 23.5 Å². The summed E-state index contributed by atoms with van der Waals surface area (Å²) in [6.45, 7) is 2.12. The first-order valence-corrected chi connectivity index (χ1v) is 10.8. The number of terminal acetylenes is 1. The predicted octanol–water partition coefficient (Wildman–Crippen LogP) is 4.11. The van der Waals surface area contributed by atoms with Gasteiger partial charge in [0.05, 0.1) is 11.7 Å². The fourth-order valence-corrected chi connectivity index (χ4v) is 4.81. The van der Waals surface area contributed by atoms with E-state index in [4.69, 9.17) is 12.2 Å². The minimum atomic E-state index is -0.518. The second-order valence-corrected chi connectivity index (χ2v) is 9.05. The number of aromatic nitrogens is 1. The highest BCUT2D eigenvalue weighted by molar-refractivity contribution is 8.14. The molecule has 8 heteroatoms. The Morgan fingerprint density at radius 2 is 2.03 bits per heavy atom. The molecule has 0 bridgehead atoms. The van der Waals surface area contributed by atoms with Crippen molar-refractivity contribution in [2.75, 3.05) is 14.1 Å². The molecule has 1 amide bonds. The molecule has 2 heterocycles. The number of rotatable bonds is 4. The molecule has 5 nitrogen and oxygen atoms in total. The maximum absolute atomic E-state index is 14.5. The molecular weight excluding hydrogens is 430 g/mol. The first kappa shape index (κ1) is 23.5. The van der Waals surface area contributed by atoms with E-state index >= 15 is 0 Å². The number of fused-ring (bicyclic) bond motifs is 1. The Hall–Kier alpha value is -3.18. The summed E-state index contributed by atoms with van der Waals surface area (Å²) >= 11 is 1.55. The Balaban J connectivity index is 0.000000523. The van der Waals surface area contributed by atoms with Crippen LogP contribution in [0.1, 0.15) is 35.3 Å². The van der Waals surface area contributed by atoms with Gasteiger partial charge in [-0.1, -0.05) is 30.7 Å². The van der Waals surface area contributed by atoms with Crippen LogP contribution in [0.15, 0.2) is 41.5 Å². The quantitative estimate of drug-likeness (QED) is 0.558. The number of carbonyl (C=O) groups excluding carboxylic acids is 1. The van der Waals surface area contributed by atoms with Crippen LogP contribution in [0, 0.1) is 30.0 Å². The van der Waals surface area contributed by atoms with E-state index in [2.05, 4.69) is 22.8 Å². The van der Waals surface area contributed by atoms with Gasteiger partial charge in [-0.3, -0.25) is 14.8 Å². The van der Waals surface area contributed by atoms with Crippen molar-refractivity contribution >= 4 is 35.2 Å². The smallest absolute Gasteiger partial charge is 0.209 e. The third-order valence-electron chi connectivity index (χ3n) is 5.27. The molecule has 2 N–H and O–H groups in total. The number of halogens is 2. The number of nitrogens with two attached hydrogens (primary N) is 1. The number of carbonyl (C=O) groups is 1. The topological polar surface area (TPSA) is 71.6 Å². The highest BCUT2D eigenvalue weighted by atomic mass is 32.2. The summed E-state index contributed by atoms with van der Waals surface area (Å²) in [6, 6.07) is 7.34. The molecule has 2 aromatic rings. The number of hydrogen-bond acceptors (Lipinski definition) is 5. The second-order valence-electron chi connectivity index (χ2n) is 7.85. The van der Waals surface area contributed by atoms with Gasteiger partial charge in [-0.25, -0.2) is 8.78 Å². The molecule has 1 fully saturated rings. The predicted molar refractivity (Wildman–Crippen MR) is 126 cm³/mol. The van der Waals surface area contributed by atoms with Crippen LogP contribution >= 0.6 is 11.8 Å². The van der Waals surface area contributed by atoms with E-state index in [1.165, 1.54) is 35.4 Å². The molecule has 166 valence electrons. The summed E-state index contributed by atoms with van der Waals surface area (Å²) in [5.74, 6) is 2.26. The number of benzene rings is 1. The lowest BCUT2D eigenvalue weighted by atomic mass is 9.98. The average molecular weight is 455 g/mol. The number of aliphatic imine (C=N–C) groups is 1. The highest BCUT2D eigenvalue weighted by Gasteiger charge is 2.55. The van der Waals surface area contributed by atoms with Crippen molar-refractivity contribution in [2.24, 2.45) is 22.6 Å². The molecule has 32 heavy (non-hydrogen) atoms. The van der Waals surface area contributed by atoms with Crippen LogP contribution in [0.2, 0.25) is 0 Å². The van der Waals surface area contributed by atoms with Gasteiger partial charge < -0.3 is 10.6 Å². The molecular formula is C24H24F2N4OS. The first-order valence-electron chi connectivity index (χ1n) is 9.96. The van der Waals surface area contributed by atoms with E-state index in [1.54, 1.807) is 38.0 Å². The fraction of sp³-hybridized carbons (Fsp3) is 0.292. The van der Waals surface area contributed by atoms with Gasteiger partial charge in [0.15, 0.2) is 5.17 Å². The monoisotopic (exact) mass is 454 g/mol. The summed E-state index contributed by atoms with van der Waals surface area (Å²) in [6.07, 6.45) is 8.80. The van der Waals surface area contributed by atoms with Gasteiger partial charge in [0.25, 0.3) is 0 Å². The van der Waals surface area contributed by atoms with Crippen LogP contribution < -0.4 is 5.73 Å². The van der Waals surface area contributed by atoms with Gasteiger partial charge in [-0.05, 0) is 41.8 Å². The van der Waals surface area contributed by atoms with Gasteiger partial charge in [0.1, 0.15) is 11.6 Å². The first-order chi connectivity index (χ1) is 15.2. The van der Waals surface area contributed by atoms with E-state index < -0.39 is 5.83 Å². The van der Waals surface area contributed by atoms with Crippen LogP contribution in [0.4, 0.5) is 8.78 Å². The van der Waals surface area contributed by atoms with Crippen molar-refractivity contribution < 1.29 is 13.6 Å². The Labute approximate surface area is 190 Å². The van der Waals surface area contributed by atoms with Gasteiger partial charge >= 0.3 is 0 Å². The Bertz CT molecular complexity index is 1090. The zero-order valence-electron chi connectivity index (χ0n) is 18.0. The molecule has 0 spiro atoms. The minimum Gasteiger partial charge on any atom is -0.379 e. The standard InChI is InChI=1S/C21H17F2N3S.C3H7NO/c1-3-12-5-7-17(25-10-12)16(23)9-13-4-6-15(22)14(8-13)19-18-11(2)20(18)27-21(24)26-19;1-4(2)3-5/h1,4-11,18-20H,2H3,(H2,24,26);3H,1-2H3/b16-9-;. The zero-order valence-corrected chi connectivity index (χ0v) is 18.8. The number of nitrogens with zero attached hydrogens (tertiary/aromatic N) is 3. The van der Waals surface area contributed by atoms with Crippen molar-refractivity contribution in [1.29, 1.82) is 0 Å². The lowest BCUT2D eigenvalue weighted by Crippen LogP contribution is -2.17. The van der Waals surface area contributed by atoms with Gasteiger partial charge in [0.2, 0.25) is 6.41 Å². The van der Waals surface area contributed by atoms with E-state index in [0.717, 1.165) is 6.41 Å². The molecule has 0 radical (unpaired) electrons. The van der Waals surface area contributed by atoms with Gasteiger partial charge in [-0.2, -0.15) is 0 Å². The van der Waals surface area contributed by atoms with Crippen LogP contribution in [0.3, 0.4) is 0 Å². The number of hydrogen-bond donors (Lipinski definition) is 1. The number of amidine groups is 1. The Morgan fingerprint density at radius 3 is 2.62 bits per heavy atom. The number of thioether (sulfide) groups is 1. The maximum Gasteiger partial charge on any atom is 0.209 e. The number of pyridine rings is 1. The highest BCUT2D eigenvalue weighted by Crippen LogP contribution is 2.58. The van der Waals surface area contributed by atoms with Crippen LogP contribution in [0.25, 0.3) is 11.9 Å². The third kappa shape index (κ3) is 5.35. The number of amides is 1. The van der Waals surface area contributed by atoms with E-state index in [9.17, 15) is 13.6 Å². The lowest BCUT2D eigenvalue weighted by Gasteiger charge is -2.19. The SMILES string of the molecule is C#Cc1ccc(/C(F)=C/c2ccc(F)c(C3N=C(N)SC4C(C)C34)c2)nc1.CN(C)C=O. The molecule has 4 atom stereocenters. The second kappa shape index (κ2) is 9.96. The largest absolute Gasteiger partial charge is 0.379 e. The van der Waals surface area contributed by atoms with Crippen molar-refractivity contribution in [3.8, 4) is 12.3 Å². The van der Waals surface area contributed by atoms with Crippen LogP contribution in [-0.2, 0) is 4.79 Å². The van der Waals surface area contributed by atoms with Crippen molar-refractivity contribution in [3.63, 3.8) is 0 Å². The molecule has 1 saturated carbocycles.